The molecule has 14 heavy (non-hydrogen) atoms. The first-order valence-corrected chi connectivity index (χ1v) is 4.68. The van der Waals surface area contributed by atoms with Crippen molar-refractivity contribution >= 4 is 0 Å². The number of hydrogen-bond donors (Lipinski definition) is 1. The van der Waals surface area contributed by atoms with Crippen LogP contribution in [0.3, 0.4) is 0 Å². The number of methoxy groups -OCH3 is 1. The lowest BCUT2D eigenvalue weighted by molar-refractivity contribution is 0.184. The standard InChI is InChI=1S/C9H18N4O/c1-9(2,10-3)8-12-11-7-13(8)5-6-14-4/h7,10H,5-6H2,1-4H3. The smallest absolute Gasteiger partial charge is 0.152 e. The molecule has 0 atom stereocenters. The van der Waals surface area contributed by atoms with Crippen molar-refractivity contribution in [2.45, 2.75) is 25.9 Å². The minimum atomic E-state index is -0.162. The average molecular weight is 198 g/mol. The SMILES string of the molecule is CNC(C)(C)c1nncn1CCOC. The fraction of sp³-hybridized carbons (Fsp3) is 0.778. The molecule has 0 aliphatic rings. The normalized spacial score (nSPS) is 12.0. The van der Waals surface area contributed by atoms with Crippen LogP contribution in [-0.2, 0) is 16.8 Å². The fourth-order valence-corrected chi connectivity index (χ4v) is 1.20. The lowest BCUT2D eigenvalue weighted by Crippen LogP contribution is -2.36. The molecule has 0 bridgehead atoms. The van der Waals surface area contributed by atoms with E-state index >= 15 is 0 Å². The summed E-state index contributed by atoms with van der Waals surface area (Å²) in [7, 11) is 3.60. The van der Waals surface area contributed by atoms with E-state index in [0.717, 1.165) is 12.4 Å². The van der Waals surface area contributed by atoms with Gasteiger partial charge in [0.25, 0.3) is 0 Å². The Bertz CT molecular complexity index is 282. The van der Waals surface area contributed by atoms with Gasteiger partial charge in [-0.05, 0) is 20.9 Å². The van der Waals surface area contributed by atoms with Crippen molar-refractivity contribution in [2.24, 2.45) is 0 Å². The highest BCUT2D eigenvalue weighted by Gasteiger charge is 2.23. The maximum Gasteiger partial charge on any atom is 0.152 e. The van der Waals surface area contributed by atoms with E-state index in [1.165, 1.54) is 0 Å². The van der Waals surface area contributed by atoms with Gasteiger partial charge in [-0.15, -0.1) is 10.2 Å². The van der Waals surface area contributed by atoms with Gasteiger partial charge in [-0.1, -0.05) is 0 Å². The van der Waals surface area contributed by atoms with Crippen LogP contribution in [0, 0.1) is 0 Å². The third kappa shape index (κ3) is 2.30. The van der Waals surface area contributed by atoms with Crippen molar-refractivity contribution in [3.8, 4) is 0 Å². The molecule has 0 unspecified atom stereocenters. The average Bonchev–Trinajstić information content (AvgIpc) is 2.63. The first kappa shape index (κ1) is 11.1. The molecule has 0 fully saturated rings. The van der Waals surface area contributed by atoms with Crippen LogP contribution in [0.1, 0.15) is 19.7 Å². The molecule has 1 N–H and O–H groups in total. The van der Waals surface area contributed by atoms with Crippen LogP contribution in [0.25, 0.3) is 0 Å². The number of hydrogen-bond acceptors (Lipinski definition) is 4. The topological polar surface area (TPSA) is 52.0 Å². The molecule has 1 aromatic heterocycles. The van der Waals surface area contributed by atoms with Gasteiger partial charge in [0.1, 0.15) is 6.33 Å². The third-order valence-electron chi connectivity index (χ3n) is 2.34. The molecule has 1 heterocycles. The van der Waals surface area contributed by atoms with Gasteiger partial charge in [0, 0.05) is 13.7 Å². The van der Waals surface area contributed by atoms with Gasteiger partial charge in [-0.2, -0.15) is 0 Å². The van der Waals surface area contributed by atoms with Crippen LogP contribution < -0.4 is 5.32 Å². The largest absolute Gasteiger partial charge is 0.383 e. The number of nitrogens with one attached hydrogen (secondary N) is 1. The lowest BCUT2D eigenvalue weighted by Gasteiger charge is -2.23. The molecule has 0 saturated carbocycles. The number of rotatable bonds is 5. The Labute approximate surface area is 84.5 Å². The van der Waals surface area contributed by atoms with E-state index in [-0.39, 0.29) is 5.54 Å². The second kappa shape index (κ2) is 4.52. The van der Waals surface area contributed by atoms with E-state index in [4.69, 9.17) is 4.74 Å². The van der Waals surface area contributed by atoms with E-state index in [2.05, 4.69) is 29.4 Å². The van der Waals surface area contributed by atoms with E-state index < -0.39 is 0 Å². The molecule has 5 nitrogen and oxygen atoms in total. The molecule has 80 valence electrons. The Kier molecular flexibility index (Phi) is 3.60. The summed E-state index contributed by atoms with van der Waals surface area (Å²) in [5.41, 5.74) is -0.162. The predicted molar refractivity (Wildman–Crippen MR) is 54.0 cm³/mol. The molecule has 0 saturated heterocycles. The van der Waals surface area contributed by atoms with Gasteiger partial charge in [0.15, 0.2) is 5.82 Å². The van der Waals surface area contributed by atoms with Gasteiger partial charge in [-0.3, -0.25) is 0 Å². The van der Waals surface area contributed by atoms with Gasteiger partial charge in [-0.25, -0.2) is 0 Å². The zero-order valence-electron chi connectivity index (χ0n) is 9.24. The van der Waals surface area contributed by atoms with Crippen LogP contribution >= 0.6 is 0 Å². The first-order chi connectivity index (χ1) is 6.61. The molecule has 0 aromatic carbocycles. The van der Waals surface area contributed by atoms with Gasteiger partial charge in [0.2, 0.25) is 0 Å². The maximum absolute atomic E-state index is 5.02. The molecule has 1 aromatic rings. The highest BCUT2D eigenvalue weighted by molar-refractivity contribution is 5.01. The highest BCUT2D eigenvalue weighted by Crippen LogP contribution is 2.15. The Balaban J connectivity index is 2.81. The summed E-state index contributed by atoms with van der Waals surface area (Å²) in [6.45, 7) is 5.59. The third-order valence-corrected chi connectivity index (χ3v) is 2.34. The monoisotopic (exact) mass is 198 g/mol. The Morgan fingerprint density at radius 1 is 1.57 bits per heavy atom. The van der Waals surface area contributed by atoms with Gasteiger partial charge in [0.05, 0.1) is 12.1 Å². The van der Waals surface area contributed by atoms with Crippen LogP contribution in [0.15, 0.2) is 6.33 Å². The van der Waals surface area contributed by atoms with Crippen LogP contribution in [0.5, 0.6) is 0 Å². The lowest BCUT2D eigenvalue weighted by atomic mass is 10.1. The van der Waals surface area contributed by atoms with Crippen LogP contribution in [0.2, 0.25) is 0 Å². The summed E-state index contributed by atoms with van der Waals surface area (Å²) in [4.78, 5) is 0. The summed E-state index contributed by atoms with van der Waals surface area (Å²) in [5.74, 6) is 0.928. The Hall–Kier alpha value is -0.940. The first-order valence-electron chi connectivity index (χ1n) is 4.68. The molecule has 0 amide bonds. The molecule has 0 aliphatic carbocycles. The van der Waals surface area contributed by atoms with Crippen molar-refractivity contribution in [3.63, 3.8) is 0 Å². The molecular weight excluding hydrogens is 180 g/mol. The predicted octanol–water partition coefficient (Wildman–Crippen LogP) is 0.379. The molecule has 0 aliphatic heterocycles. The number of aromatic nitrogens is 3. The van der Waals surface area contributed by atoms with Crippen molar-refractivity contribution in [2.75, 3.05) is 20.8 Å². The number of nitrogens with zero attached hydrogens (tertiary/aromatic N) is 3. The number of ether oxygens (including phenoxy) is 1. The summed E-state index contributed by atoms with van der Waals surface area (Å²) >= 11 is 0. The Morgan fingerprint density at radius 2 is 2.29 bits per heavy atom. The second-order valence-corrected chi connectivity index (χ2v) is 3.72. The molecule has 5 heteroatoms. The quantitative estimate of drug-likeness (QED) is 0.743. The Morgan fingerprint density at radius 3 is 2.86 bits per heavy atom. The van der Waals surface area contributed by atoms with E-state index in [0.29, 0.717) is 6.61 Å². The second-order valence-electron chi connectivity index (χ2n) is 3.72. The van der Waals surface area contributed by atoms with Crippen LogP contribution in [0.4, 0.5) is 0 Å². The zero-order chi connectivity index (χ0) is 10.6. The van der Waals surface area contributed by atoms with Crippen molar-refractivity contribution < 1.29 is 4.74 Å². The van der Waals surface area contributed by atoms with Gasteiger partial charge >= 0.3 is 0 Å². The minimum Gasteiger partial charge on any atom is -0.383 e. The van der Waals surface area contributed by atoms with E-state index in [1.807, 2.05) is 11.6 Å². The summed E-state index contributed by atoms with van der Waals surface area (Å²) < 4.78 is 7.02. The summed E-state index contributed by atoms with van der Waals surface area (Å²) in [5, 5.41) is 11.2. The maximum atomic E-state index is 5.02. The molecule has 0 spiro atoms. The van der Waals surface area contributed by atoms with Gasteiger partial charge < -0.3 is 14.6 Å². The summed E-state index contributed by atoms with van der Waals surface area (Å²) in [6, 6.07) is 0. The van der Waals surface area contributed by atoms with E-state index in [1.54, 1.807) is 13.4 Å². The zero-order valence-corrected chi connectivity index (χ0v) is 9.24. The minimum absolute atomic E-state index is 0.162. The van der Waals surface area contributed by atoms with Crippen LogP contribution in [-0.4, -0.2) is 35.5 Å². The molecule has 1 rings (SSSR count). The highest BCUT2D eigenvalue weighted by atomic mass is 16.5. The summed E-state index contributed by atoms with van der Waals surface area (Å²) in [6.07, 6.45) is 1.73. The molecule has 0 radical (unpaired) electrons. The van der Waals surface area contributed by atoms with Crippen molar-refractivity contribution in [1.82, 2.24) is 20.1 Å². The fourth-order valence-electron chi connectivity index (χ4n) is 1.20. The van der Waals surface area contributed by atoms with Crippen molar-refractivity contribution in [3.05, 3.63) is 12.2 Å². The molecular formula is C9H18N4O. The van der Waals surface area contributed by atoms with Crippen molar-refractivity contribution in [1.29, 1.82) is 0 Å². The van der Waals surface area contributed by atoms with E-state index in [9.17, 15) is 0 Å².